The SMILES string of the molecule is CN=C(NCC1CCCOC1C(C)(C)C)N1CCC2(CCC2)C1. The zero-order chi connectivity index (χ0) is 16.5. The third kappa shape index (κ3) is 3.67. The monoisotopic (exact) mass is 321 g/mol. The normalized spacial score (nSPS) is 31.3. The summed E-state index contributed by atoms with van der Waals surface area (Å²) in [5.74, 6) is 1.69. The Morgan fingerprint density at radius 3 is 2.61 bits per heavy atom. The Balaban J connectivity index is 1.55. The van der Waals surface area contributed by atoms with Gasteiger partial charge in [-0.05, 0) is 42.9 Å². The Kier molecular flexibility index (Phi) is 4.91. The summed E-state index contributed by atoms with van der Waals surface area (Å²) in [6, 6.07) is 0. The number of hydrogen-bond acceptors (Lipinski definition) is 2. The van der Waals surface area contributed by atoms with Crippen molar-refractivity contribution in [1.82, 2.24) is 10.2 Å². The second-order valence-electron chi connectivity index (χ2n) is 9.01. The lowest BCUT2D eigenvalue weighted by molar-refractivity contribution is -0.0836. The second kappa shape index (κ2) is 6.62. The molecule has 23 heavy (non-hydrogen) atoms. The first-order valence-corrected chi connectivity index (χ1v) is 9.51. The van der Waals surface area contributed by atoms with Crippen LogP contribution in [-0.4, -0.2) is 50.3 Å². The fraction of sp³-hybridized carbons (Fsp3) is 0.947. The molecule has 1 saturated carbocycles. The molecule has 1 spiro atoms. The number of guanidine groups is 1. The van der Waals surface area contributed by atoms with Crippen LogP contribution in [0.25, 0.3) is 0 Å². The average molecular weight is 322 g/mol. The van der Waals surface area contributed by atoms with Crippen molar-refractivity contribution in [2.75, 3.05) is 33.3 Å². The molecule has 4 heteroatoms. The maximum Gasteiger partial charge on any atom is 0.193 e. The van der Waals surface area contributed by atoms with Gasteiger partial charge in [-0.15, -0.1) is 0 Å². The van der Waals surface area contributed by atoms with E-state index in [2.05, 4.69) is 36.0 Å². The number of aliphatic imine (C=N–C) groups is 1. The first kappa shape index (κ1) is 17.1. The lowest BCUT2D eigenvalue weighted by atomic mass is 9.68. The molecule has 0 aromatic rings. The largest absolute Gasteiger partial charge is 0.377 e. The van der Waals surface area contributed by atoms with Crippen LogP contribution in [0, 0.1) is 16.7 Å². The van der Waals surface area contributed by atoms with Crippen LogP contribution in [0.2, 0.25) is 0 Å². The molecule has 2 heterocycles. The van der Waals surface area contributed by atoms with Gasteiger partial charge in [-0.2, -0.15) is 0 Å². The first-order chi connectivity index (χ1) is 10.9. The summed E-state index contributed by atoms with van der Waals surface area (Å²) in [5, 5.41) is 3.67. The molecule has 3 rings (SSSR count). The van der Waals surface area contributed by atoms with E-state index in [0.29, 0.717) is 17.4 Å². The molecule has 2 atom stereocenters. The van der Waals surface area contributed by atoms with Crippen molar-refractivity contribution in [3.8, 4) is 0 Å². The van der Waals surface area contributed by atoms with Gasteiger partial charge in [-0.1, -0.05) is 27.2 Å². The van der Waals surface area contributed by atoms with Crippen LogP contribution >= 0.6 is 0 Å². The number of hydrogen-bond donors (Lipinski definition) is 1. The van der Waals surface area contributed by atoms with E-state index in [0.717, 1.165) is 19.1 Å². The van der Waals surface area contributed by atoms with Crippen molar-refractivity contribution in [3.63, 3.8) is 0 Å². The molecule has 3 fully saturated rings. The number of likely N-dealkylation sites (tertiary alicyclic amines) is 1. The summed E-state index contributed by atoms with van der Waals surface area (Å²) < 4.78 is 6.11. The Labute approximate surface area is 142 Å². The number of ether oxygens (including phenoxy) is 1. The lowest BCUT2D eigenvalue weighted by Crippen LogP contribution is -2.48. The molecule has 0 amide bonds. The minimum Gasteiger partial charge on any atom is -0.377 e. The van der Waals surface area contributed by atoms with Crippen molar-refractivity contribution in [1.29, 1.82) is 0 Å². The first-order valence-electron chi connectivity index (χ1n) is 9.51. The third-order valence-corrected chi connectivity index (χ3v) is 6.18. The van der Waals surface area contributed by atoms with Gasteiger partial charge >= 0.3 is 0 Å². The van der Waals surface area contributed by atoms with E-state index in [4.69, 9.17) is 4.74 Å². The van der Waals surface area contributed by atoms with Gasteiger partial charge in [0.2, 0.25) is 0 Å². The smallest absolute Gasteiger partial charge is 0.193 e. The van der Waals surface area contributed by atoms with Crippen LogP contribution < -0.4 is 5.32 Å². The van der Waals surface area contributed by atoms with Crippen molar-refractivity contribution in [2.45, 2.75) is 65.4 Å². The minimum atomic E-state index is 0.208. The summed E-state index contributed by atoms with van der Waals surface area (Å²) in [6.07, 6.45) is 8.41. The molecule has 0 bridgehead atoms. The Morgan fingerprint density at radius 2 is 2.04 bits per heavy atom. The van der Waals surface area contributed by atoms with E-state index in [-0.39, 0.29) is 5.41 Å². The molecular formula is C19H35N3O. The summed E-state index contributed by atoms with van der Waals surface area (Å²) in [7, 11) is 1.92. The topological polar surface area (TPSA) is 36.9 Å². The van der Waals surface area contributed by atoms with Gasteiger partial charge in [0.05, 0.1) is 6.10 Å². The number of rotatable bonds is 2. The van der Waals surface area contributed by atoms with E-state index < -0.39 is 0 Å². The summed E-state index contributed by atoms with van der Waals surface area (Å²) in [5.41, 5.74) is 0.833. The van der Waals surface area contributed by atoms with Crippen LogP contribution in [0.3, 0.4) is 0 Å². The predicted molar refractivity (Wildman–Crippen MR) is 95.8 cm³/mol. The van der Waals surface area contributed by atoms with Crippen molar-refractivity contribution >= 4 is 5.96 Å². The Hall–Kier alpha value is -0.770. The highest BCUT2D eigenvalue weighted by Gasteiger charge is 2.43. The van der Waals surface area contributed by atoms with E-state index >= 15 is 0 Å². The molecule has 2 saturated heterocycles. The number of nitrogens with zero attached hydrogens (tertiary/aromatic N) is 2. The molecule has 1 N–H and O–H groups in total. The van der Waals surface area contributed by atoms with E-state index in [1.807, 2.05) is 7.05 Å². The van der Waals surface area contributed by atoms with Crippen LogP contribution in [-0.2, 0) is 4.74 Å². The van der Waals surface area contributed by atoms with Gasteiger partial charge in [0.1, 0.15) is 0 Å². The summed E-state index contributed by atoms with van der Waals surface area (Å²) in [6.45, 7) is 11.2. The quantitative estimate of drug-likeness (QED) is 0.626. The molecule has 4 nitrogen and oxygen atoms in total. The maximum absolute atomic E-state index is 6.11. The van der Waals surface area contributed by atoms with E-state index in [1.54, 1.807) is 0 Å². The average Bonchev–Trinajstić information content (AvgIpc) is 2.93. The standard InChI is InChI=1S/C19H35N3O/c1-18(2,3)16-15(7-5-12-23-16)13-21-17(20-4)22-11-10-19(14-22)8-6-9-19/h15-16H,5-14H2,1-4H3,(H,20,21). The summed E-state index contributed by atoms with van der Waals surface area (Å²) in [4.78, 5) is 7.04. The lowest BCUT2D eigenvalue weighted by Gasteiger charge is -2.41. The van der Waals surface area contributed by atoms with Gasteiger partial charge in [0, 0.05) is 39.2 Å². The van der Waals surface area contributed by atoms with E-state index in [1.165, 1.54) is 51.6 Å². The second-order valence-corrected chi connectivity index (χ2v) is 9.01. The number of nitrogens with one attached hydrogen (secondary N) is 1. The van der Waals surface area contributed by atoms with Gasteiger partial charge in [0.15, 0.2) is 5.96 Å². The van der Waals surface area contributed by atoms with E-state index in [9.17, 15) is 0 Å². The van der Waals surface area contributed by atoms with Crippen molar-refractivity contribution in [2.24, 2.45) is 21.7 Å². The predicted octanol–water partition coefficient (Wildman–Crippen LogP) is 3.28. The van der Waals surface area contributed by atoms with Crippen LogP contribution in [0.15, 0.2) is 4.99 Å². The van der Waals surface area contributed by atoms with Crippen LogP contribution in [0.4, 0.5) is 0 Å². The van der Waals surface area contributed by atoms with Crippen molar-refractivity contribution in [3.05, 3.63) is 0 Å². The van der Waals surface area contributed by atoms with Gasteiger partial charge in [-0.25, -0.2) is 0 Å². The Bertz CT molecular complexity index is 436. The summed E-state index contributed by atoms with van der Waals surface area (Å²) >= 11 is 0. The van der Waals surface area contributed by atoms with Gasteiger partial charge in [-0.3, -0.25) is 4.99 Å². The highest BCUT2D eigenvalue weighted by Crippen LogP contribution is 2.47. The molecule has 2 unspecified atom stereocenters. The zero-order valence-corrected chi connectivity index (χ0v) is 15.5. The zero-order valence-electron chi connectivity index (χ0n) is 15.5. The Morgan fingerprint density at radius 1 is 1.26 bits per heavy atom. The molecule has 132 valence electrons. The van der Waals surface area contributed by atoms with Crippen LogP contribution in [0.1, 0.15) is 59.3 Å². The third-order valence-electron chi connectivity index (χ3n) is 6.18. The molecule has 3 aliphatic rings. The van der Waals surface area contributed by atoms with Gasteiger partial charge in [0.25, 0.3) is 0 Å². The highest BCUT2D eigenvalue weighted by atomic mass is 16.5. The molecule has 0 aromatic carbocycles. The molecular weight excluding hydrogens is 286 g/mol. The maximum atomic E-state index is 6.11. The van der Waals surface area contributed by atoms with Crippen molar-refractivity contribution < 1.29 is 4.74 Å². The van der Waals surface area contributed by atoms with Gasteiger partial charge < -0.3 is 15.0 Å². The molecule has 1 aliphatic carbocycles. The minimum absolute atomic E-state index is 0.208. The fourth-order valence-corrected chi connectivity index (χ4v) is 4.76. The van der Waals surface area contributed by atoms with Crippen LogP contribution in [0.5, 0.6) is 0 Å². The molecule has 2 aliphatic heterocycles. The molecule has 0 radical (unpaired) electrons. The highest BCUT2D eigenvalue weighted by molar-refractivity contribution is 5.80. The fourth-order valence-electron chi connectivity index (χ4n) is 4.76. The molecule has 0 aromatic heterocycles.